The van der Waals surface area contributed by atoms with E-state index in [1.807, 2.05) is 50.2 Å². The molecule has 8 heteroatoms. The Hall–Kier alpha value is -4.07. The number of halogens is 1. The first kappa shape index (κ1) is 24.6. The number of carbonyl (C=O) groups excluding carboxylic acids is 2. The highest BCUT2D eigenvalue weighted by Crippen LogP contribution is 2.34. The number of rotatable bonds is 7. The minimum absolute atomic E-state index is 0.0107. The van der Waals surface area contributed by atoms with Crippen molar-refractivity contribution in [1.82, 2.24) is 20.3 Å². The molecule has 0 spiro atoms. The van der Waals surface area contributed by atoms with Gasteiger partial charge in [0.05, 0.1) is 5.52 Å². The van der Waals surface area contributed by atoms with Crippen LogP contribution in [0.4, 0.5) is 10.1 Å². The van der Waals surface area contributed by atoms with E-state index in [1.54, 1.807) is 24.3 Å². The number of hydrogen-bond donors (Lipinski definition) is 1. The van der Waals surface area contributed by atoms with Gasteiger partial charge in [-0.2, -0.15) is 0 Å². The monoisotopic (exact) mass is 499 g/mol. The molecule has 0 aliphatic heterocycles. The normalized spacial score (nSPS) is 14.6. The number of amides is 2. The summed E-state index contributed by atoms with van der Waals surface area (Å²) in [5.74, 6) is -1.32. The zero-order chi connectivity index (χ0) is 25.9. The van der Waals surface area contributed by atoms with Crippen LogP contribution in [0.3, 0.4) is 0 Å². The van der Waals surface area contributed by atoms with Crippen LogP contribution in [0.5, 0.6) is 0 Å². The van der Waals surface area contributed by atoms with Crippen LogP contribution in [0.15, 0.2) is 66.7 Å². The maximum atomic E-state index is 15.3. The van der Waals surface area contributed by atoms with E-state index in [0.29, 0.717) is 16.7 Å². The van der Waals surface area contributed by atoms with Gasteiger partial charge in [0.15, 0.2) is 0 Å². The fraction of sp³-hybridized carbons (Fsp3) is 0.310. The zero-order valence-corrected chi connectivity index (χ0v) is 21.0. The number of aromatic nitrogens is 3. The van der Waals surface area contributed by atoms with Gasteiger partial charge in [0.1, 0.15) is 23.9 Å². The molecule has 1 fully saturated rings. The molecule has 1 saturated carbocycles. The Kier molecular flexibility index (Phi) is 6.99. The molecule has 7 nitrogen and oxygen atoms in total. The summed E-state index contributed by atoms with van der Waals surface area (Å²) in [6.45, 7) is 3.70. The van der Waals surface area contributed by atoms with Gasteiger partial charge in [-0.3, -0.25) is 14.5 Å². The maximum absolute atomic E-state index is 15.3. The van der Waals surface area contributed by atoms with E-state index in [0.717, 1.165) is 36.8 Å². The molecule has 1 aliphatic carbocycles. The Labute approximate surface area is 215 Å². The topological polar surface area (TPSA) is 80.1 Å². The van der Waals surface area contributed by atoms with Crippen LogP contribution in [0, 0.1) is 19.7 Å². The van der Waals surface area contributed by atoms with Gasteiger partial charge in [-0.15, -0.1) is 5.10 Å². The van der Waals surface area contributed by atoms with Crippen LogP contribution in [0.1, 0.15) is 48.4 Å². The van der Waals surface area contributed by atoms with E-state index in [1.165, 1.54) is 15.6 Å². The van der Waals surface area contributed by atoms with E-state index in [9.17, 15) is 9.59 Å². The molecular formula is C29H30FN5O2. The summed E-state index contributed by atoms with van der Waals surface area (Å²) in [5.41, 5.74) is 3.88. The smallest absolute Gasteiger partial charge is 0.249 e. The number of benzene rings is 3. The first-order valence-corrected chi connectivity index (χ1v) is 12.7. The van der Waals surface area contributed by atoms with Crippen molar-refractivity contribution in [2.45, 2.75) is 58.2 Å². The average molecular weight is 500 g/mol. The second-order valence-electron chi connectivity index (χ2n) is 9.63. The summed E-state index contributed by atoms with van der Waals surface area (Å²) in [6, 6.07) is 17.9. The number of hydrogen-bond acceptors (Lipinski definition) is 4. The van der Waals surface area contributed by atoms with Gasteiger partial charge in [-0.25, -0.2) is 9.07 Å². The Morgan fingerprint density at radius 1 is 1.03 bits per heavy atom. The highest BCUT2D eigenvalue weighted by Gasteiger charge is 2.37. The summed E-state index contributed by atoms with van der Waals surface area (Å²) >= 11 is 0. The van der Waals surface area contributed by atoms with Gasteiger partial charge in [0.25, 0.3) is 0 Å². The van der Waals surface area contributed by atoms with E-state index in [4.69, 9.17) is 0 Å². The molecule has 1 aromatic heterocycles. The molecule has 0 unspecified atom stereocenters. The van der Waals surface area contributed by atoms with Crippen molar-refractivity contribution in [2.75, 3.05) is 4.90 Å². The first-order chi connectivity index (χ1) is 17.9. The third-order valence-corrected chi connectivity index (χ3v) is 7.22. The number of fused-ring (bicyclic) bond motifs is 1. The molecular weight excluding hydrogens is 469 g/mol. The second-order valence-corrected chi connectivity index (χ2v) is 9.63. The number of anilines is 1. The summed E-state index contributed by atoms with van der Waals surface area (Å²) in [5, 5.41) is 11.4. The Balaban J connectivity index is 1.62. The van der Waals surface area contributed by atoms with Crippen LogP contribution in [0.25, 0.3) is 11.0 Å². The standard InChI is InChI=1S/C29H30FN5O2/c1-19-10-9-17-25(20(19)2)35(27(36)18-34-26-16-8-7-15-24(26)32-33-34)28(22-13-5-6-14-23(22)30)29(37)31-21-11-3-4-12-21/h5-10,13-17,21,28H,3-4,11-12,18H2,1-2H3,(H,31,37)/t28-/m0/s1. The van der Waals surface area contributed by atoms with Gasteiger partial charge in [-0.1, -0.05) is 60.5 Å². The Morgan fingerprint density at radius 2 is 1.76 bits per heavy atom. The third-order valence-electron chi connectivity index (χ3n) is 7.22. The molecule has 1 heterocycles. The molecule has 5 rings (SSSR count). The van der Waals surface area contributed by atoms with Crippen LogP contribution < -0.4 is 10.2 Å². The van der Waals surface area contributed by atoms with Crippen molar-refractivity contribution in [3.63, 3.8) is 0 Å². The molecule has 1 atom stereocenters. The lowest BCUT2D eigenvalue weighted by Crippen LogP contribution is -2.48. The molecule has 3 aromatic carbocycles. The van der Waals surface area contributed by atoms with Gasteiger partial charge in [0.2, 0.25) is 11.8 Å². The fourth-order valence-corrected chi connectivity index (χ4v) is 5.10. The number of aryl methyl sites for hydroxylation is 1. The van der Waals surface area contributed by atoms with Crippen LogP contribution >= 0.6 is 0 Å². The SMILES string of the molecule is Cc1cccc(N(C(=O)Cn2nnc3ccccc32)[C@H](C(=O)NC2CCCC2)c2ccccc2F)c1C. The molecule has 1 N–H and O–H groups in total. The first-order valence-electron chi connectivity index (χ1n) is 12.7. The van der Waals surface area contributed by atoms with Gasteiger partial charge >= 0.3 is 0 Å². The fourth-order valence-electron chi connectivity index (χ4n) is 5.10. The Morgan fingerprint density at radius 3 is 2.54 bits per heavy atom. The zero-order valence-electron chi connectivity index (χ0n) is 21.0. The molecule has 190 valence electrons. The number of carbonyl (C=O) groups is 2. The predicted octanol–water partition coefficient (Wildman–Crippen LogP) is 5.02. The van der Waals surface area contributed by atoms with Crippen LogP contribution in [0.2, 0.25) is 0 Å². The minimum Gasteiger partial charge on any atom is -0.351 e. The summed E-state index contributed by atoms with van der Waals surface area (Å²) in [6.07, 6.45) is 3.82. The van der Waals surface area contributed by atoms with Crippen molar-refractivity contribution < 1.29 is 14.0 Å². The lowest BCUT2D eigenvalue weighted by molar-refractivity contribution is -0.127. The lowest BCUT2D eigenvalue weighted by atomic mass is 9.99. The highest BCUT2D eigenvalue weighted by atomic mass is 19.1. The molecule has 1 aliphatic rings. The van der Waals surface area contributed by atoms with Gasteiger partial charge in [-0.05, 0) is 62.1 Å². The van der Waals surface area contributed by atoms with Crippen molar-refractivity contribution >= 4 is 28.5 Å². The van der Waals surface area contributed by atoms with Crippen molar-refractivity contribution in [1.29, 1.82) is 0 Å². The Bertz CT molecular complexity index is 1440. The average Bonchev–Trinajstić information content (AvgIpc) is 3.55. The van der Waals surface area contributed by atoms with E-state index >= 15 is 4.39 Å². The quantitative estimate of drug-likeness (QED) is 0.387. The molecule has 0 bridgehead atoms. The highest BCUT2D eigenvalue weighted by molar-refractivity contribution is 6.02. The van der Waals surface area contributed by atoms with Gasteiger partial charge < -0.3 is 5.32 Å². The molecule has 37 heavy (non-hydrogen) atoms. The molecule has 0 saturated heterocycles. The summed E-state index contributed by atoms with van der Waals surface area (Å²) in [4.78, 5) is 29.4. The van der Waals surface area contributed by atoms with Crippen LogP contribution in [-0.2, 0) is 16.1 Å². The van der Waals surface area contributed by atoms with Crippen molar-refractivity contribution in [3.05, 3.63) is 89.2 Å². The van der Waals surface area contributed by atoms with Crippen molar-refractivity contribution in [2.24, 2.45) is 0 Å². The molecule has 4 aromatic rings. The largest absolute Gasteiger partial charge is 0.351 e. The molecule has 2 amide bonds. The van der Waals surface area contributed by atoms with E-state index in [2.05, 4.69) is 15.6 Å². The number of para-hydroxylation sites is 1. The van der Waals surface area contributed by atoms with E-state index in [-0.39, 0.29) is 24.1 Å². The van der Waals surface area contributed by atoms with Gasteiger partial charge in [0, 0.05) is 17.3 Å². The molecule has 0 radical (unpaired) electrons. The minimum atomic E-state index is -1.19. The van der Waals surface area contributed by atoms with E-state index < -0.39 is 17.8 Å². The number of nitrogens with one attached hydrogen (secondary N) is 1. The van der Waals surface area contributed by atoms with Crippen molar-refractivity contribution in [3.8, 4) is 0 Å². The predicted molar refractivity (Wildman–Crippen MR) is 140 cm³/mol. The second kappa shape index (κ2) is 10.5. The number of nitrogens with zero attached hydrogens (tertiary/aromatic N) is 4. The lowest BCUT2D eigenvalue weighted by Gasteiger charge is -2.33. The third kappa shape index (κ3) is 4.96. The summed E-state index contributed by atoms with van der Waals surface area (Å²) < 4.78 is 16.8. The maximum Gasteiger partial charge on any atom is 0.249 e. The summed E-state index contributed by atoms with van der Waals surface area (Å²) in [7, 11) is 0. The van der Waals surface area contributed by atoms with Crippen LogP contribution in [-0.4, -0.2) is 32.9 Å².